The van der Waals surface area contributed by atoms with Crippen molar-refractivity contribution in [1.29, 1.82) is 0 Å². The molecule has 2 N–H and O–H groups in total. The number of aryl methyl sites for hydroxylation is 1. The summed E-state index contributed by atoms with van der Waals surface area (Å²) in [4.78, 5) is 10.1. The number of ether oxygens (including phenoxy) is 1. The molecular formula is C18H26FIN4OS. The van der Waals surface area contributed by atoms with Gasteiger partial charge in [-0.05, 0) is 51.0 Å². The van der Waals surface area contributed by atoms with Gasteiger partial charge in [-0.2, -0.15) is 0 Å². The van der Waals surface area contributed by atoms with E-state index < -0.39 is 0 Å². The first kappa shape index (κ1) is 22.6. The van der Waals surface area contributed by atoms with Gasteiger partial charge in [0, 0.05) is 24.2 Å². The SMILES string of the molecule is CCNC(=NCc1ncc(C)s1)NCCCCOc1ccc(F)cc1.I. The van der Waals surface area contributed by atoms with Crippen molar-refractivity contribution >= 4 is 41.3 Å². The molecule has 0 saturated heterocycles. The van der Waals surface area contributed by atoms with E-state index in [0.29, 0.717) is 18.9 Å². The van der Waals surface area contributed by atoms with E-state index in [2.05, 4.69) is 20.6 Å². The van der Waals surface area contributed by atoms with Gasteiger partial charge in [0.25, 0.3) is 0 Å². The highest BCUT2D eigenvalue weighted by atomic mass is 127. The molecule has 0 atom stereocenters. The summed E-state index contributed by atoms with van der Waals surface area (Å²) in [6.07, 6.45) is 3.74. The van der Waals surface area contributed by atoms with Crippen molar-refractivity contribution in [2.24, 2.45) is 4.99 Å². The molecule has 0 unspecified atom stereocenters. The Hall–Kier alpha value is -1.42. The van der Waals surface area contributed by atoms with E-state index in [1.165, 1.54) is 17.0 Å². The highest BCUT2D eigenvalue weighted by molar-refractivity contribution is 14.0. The van der Waals surface area contributed by atoms with Crippen molar-refractivity contribution in [3.8, 4) is 5.75 Å². The molecule has 0 aliphatic carbocycles. The van der Waals surface area contributed by atoms with E-state index in [1.54, 1.807) is 23.5 Å². The molecular weight excluding hydrogens is 466 g/mol. The Labute approximate surface area is 175 Å². The Morgan fingerprint density at radius 3 is 2.65 bits per heavy atom. The van der Waals surface area contributed by atoms with Crippen LogP contribution in [0.3, 0.4) is 0 Å². The second-order valence-electron chi connectivity index (χ2n) is 5.50. The van der Waals surface area contributed by atoms with Gasteiger partial charge in [0.15, 0.2) is 5.96 Å². The van der Waals surface area contributed by atoms with Crippen molar-refractivity contribution in [2.75, 3.05) is 19.7 Å². The van der Waals surface area contributed by atoms with E-state index in [0.717, 1.165) is 36.9 Å². The number of hydrogen-bond donors (Lipinski definition) is 2. The molecule has 0 saturated carbocycles. The van der Waals surface area contributed by atoms with Crippen LogP contribution >= 0.6 is 35.3 Å². The molecule has 26 heavy (non-hydrogen) atoms. The summed E-state index contributed by atoms with van der Waals surface area (Å²) >= 11 is 1.67. The van der Waals surface area contributed by atoms with Gasteiger partial charge in [0.1, 0.15) is 16.6 Å². The molecule has 0 amide bonds. The van der Waals surface area contributed by atoms with Gasteiger partial charge < -0.3 is 15.4 Å². The predicted molar refractivity (Wildman–Crippen MR) is 116 cm³/mol. The maximum Gasteiger partial charge on any atom is 0.191 e. The molecule has 144 valence electrons. The van der Waals surface area contributed by atoms with Crippen LogP contribution in [0.1, 0.15) is 29.7 Å². The van der Waals surface area contributed by atoms with E-state index in [4.69, 9.17) is 4.74 Å². The summed E-state index contributed by atoms with van der Waals surface area (Å²) in [5.41, 5.74) is 0. The topological polar surface area (TPSA) is 58.5 Å². The van der Waals surface area contributed by atoms with E-state index >= 15 is 0 Å². The van der Waals surface area contributed by atoms with Gasteiger partial charge in [-0.25, -0.2) is 14.4 Å². The molecule has 1 aromatic carbocycles. The normalized spacial score (nSPS) is 11.0. The Morgan fingerprint density at radius 2 is 2.00 bits per heavy atom. The van der Waals surface area contributed by atoms with Crippen molar-refractivity contribution in [2.45, 2.75) is 33.2 Å². The van der Waals surface area contributed by atoms with Crippen molar-refractivity contribution < 1.29 is 9.13 Å². The number of guanidine groups is 1. The lowest BCUT2D eigenvalue weighted by Gasteiger charge is -2.11. The lowest BCUT2D eigenvalue weighted by atomic mass is 10.3. The number of unbranched alkanes of at least 4 members (excludes halogenated alkanes) is 1. The van der Waals surface area contributed by atoms with Gasteiger partial charge in [0.05, 0.1) is 13.2 Å². The summed E-state index contributed by atoms with van der Waals surface area (Å²) in [5.74, 6) is 1.25. The number of thiazole rings is 1. The Kier molecular flexibility index (Phi) is 11.2. The highest BCUT2D eigenvalue weighted by Crippen LogP contribution is 2.12. The van der Waals surface area contributed by atoms with E-state index in [1.807, 2.05) is 20.0 Å². The van der Waals surface area contributed by atoms with Crippen molar-refractivity contribution in [3.05, 3.63) is 46.2 Å². The lowest BCUT2D eigenvalue weighted by Crippen LogP contribution is -2.37. The number of aromatic nitrogens is 1. The Balaban J connectivity index is 0.00000338. The van der Waals surface area contributed by atoms with Crippen LogP contribution in [0.5, 0.6) is 5.75 Å². The monoisotopic (exact) mass is 492 g/mol. The number of aliphatic imine (C=N–C) groups is 1. The first-order valence-electron chi connectivity index (χ1n) is 8.49. The van der Waals surface area contributed by atoms with Crippen LogP contribution in [-0.4, -0.2) is 30.6 Å². The Bertz CT molecular complexity index is 663. The van der Waals surface area contributed by atoms with Crippen LogP contribution in [0.4, 0.5) is 4.39 Å². The van der Waals surface area contributed by atoms with Crippen LogP contribution in [-0.2, 0) is 6.54 Å². The number of benzene rings is 1. The Morgan fingerprint density at radius 1 is 1.23 bits per heavy atom. The number of hydrogen-bond acceptors (Lipinski definition) is 4. The number of nitrogens with one attached hydrogen (secondary N) is 2. The summed E-state index contributed by atoms with van der Waals surface area (Å²) < 4.78 is 18.4. The predicted octanol–water partition coefficient (Wildman–Crippen LogP) is 4.12. The fraction of sp³-hybridized carbons (Fsp3) is 0.444. The molecule has 2 rings (SSSR count). The molecule has 1 aromatic heterocycles. The largest absolute Gasteiger partial charge is 0.494 e. The second-order valence-corrected chi connectivity index (χ2v) is 6.82. The zero-order valence-corrected chi connectivity index (χ0v) is 18.3. The van der Waals surface area contributed by atoms with Crippen LogP contribution < -0.4 is 15.4 Å². The first-order valence-corrected chi connectivity index (χ1v) is 9.31. The summed E-state index contributed by atoms with van der Waals surface area (Å²) in [7, 11) is 0. The molecule has 0 radical (unpaired) electrons. The van der Waals surface area contributed by atoms with Gasteiger partial charge in [-0.15, -0.1) is 35.3 Å². The highest BCUT2D eigenvalue weighted by Gasteiger charge is 2.00. The van der Waals surface area contributed by atoms with Gasteiger partial charge in [-0.3, -0.25) is 0 Å². The molecule has 0 aliphatic rings. The average molecular weight is 492 g/mol. The quantitative estimate of drug-likeness (QED) is 0.239. The lowest BCUT2D eigenvalue weighted by molar-refractivity contribution is 0.306. The molecule has 5 nitrogen and oxygen atoms in total. The molecule has 8 heteroatoms. The number of rotatable bonds is 9. The molecule has 0 aliphatic heterocycles. The van der Waals surface area contributed by atoms with Crippen LogP contribution in [0.15, 0.2) is 35.5 Å². The van der Waals surface area contributed by atoms with Crippen molar-refractivity contribution in [1.82, 2.24) is 15.6 Å². The minimum atomic E-state index is -0.250. The molecule has 2 aromatic rings. The van der Waals surface area contributed by atoms with E-state index in [9.17, 15) is 4.39 Å². The van der Waals surface area contributed by atoms with Crippen molar-refractivity contribution in [3.63, 3.8) is 0 Å². The average Bonchev–Trinajstić information content (AvgIpc) is 3.02. The summed E-state index contributed by atoms with van der Waals surface area (Å²) in [5, 5.41) is 7.56. The minimum absolute atomic E-state index is 0. The third kappa shape index (κ3) is 8.79. The van der Waals surface area contributed by atoms with Gasteiger partial charge in [0.2, 0.25) is 0 Å². The molecule has 0 bridgehead atoms. The second kappa shape index (κ2) is 12.9. The standard InChI is InChI=1S/C18H25FN4OS.HI/c1-3-20-18(23-13-17-22-12-14(2)25-17)21-10-4-5-11-24-16-8-6-15(19)7-9-16;/h6-9,12H,3-5,10-11,13H2,1-2H3,(H2,20,21,23);1H. The number of halogens is 2. The van der Waals surface area contributed by atoms with E-state index in [-0.39, 0.29) is 29.8 Å². The number of nitrogens with zero attached hydrogens (tertiary/aromatic N) is 2. The fourth-order valence-corrected chi connectivity index (χ4v) is 2.83. The zero-order chi connectivity index (χ0) is 17.9. The third-order valence-corrected chi connectivity index (χ3v) is 4.23. The van der Waals surface area contributed by atoms with Crippen LogP contribution in [0.25, 0.3) is 0 Å². The fourth-order valence-electron chi connectivity index (χ4n) is 2.12. The maximum atomic E-state index is 12.8. The molecule has 0 fully saturated rings. The maximum absolute atomic E-state index is 12.8. The summed E-state index contributed by atoms with van der Waals surface area (Å²) in [6.45, 7) is 6.91. The van der Waals surface area contributed by atoms with Gasteiger partial charge in [-0.1, -0.05) is 0 Å². The first-order chi connectivity index (χ1) is 12.2. The molecule has 1 heterocycles. The summed E-state index contributed by atoms with van der Waals surface area (Å²) in [6, 6.07) is 6.09. The van der Waals surface area contributed by atoms with Crippen LogP contribution in [0.2, 0.25) is 0 Å². The molecule has 0 spiro atoms. The van der Waals surface area contributed by atoms with Crippen LogP contribution in [0, 0.1) is 12.7 Å². The third-order valence-electron chi connectivity index (χ3n) is 3.33. The minimum Gasteiger partial charge on any atom is -0.494 e. The zero-order valence-electron chi connectivity index (χ0n) is 15.1. The van der Waals surface area contributed by atoms with Gasteiger partial charge >= 0.3 is 0 Å². The smallest absolute Gasteiger partial charge is 0.191 e.